The van der Waals surface area contributed by atoms with Crippen molar-refractivity contribution < 1.29 is 4.74 Å². The first kappa shape index (κ1) is 18.8. The van der Waals surface area contributed by atoms with Gasteiger partial charge in [-0.05, 0) is 69.6 Å². The number of ether oxygens (including phenoxy) is 1. The number of piperidine rings is 1. The summed E-state index contributed by atoms with van der Waals surface area (Å²) in [6.07, 6.45) is 8.62. The molecule has 0 spiro atoms. The summed E-state index contributed by atoms with van der Waals surface area (Å²) in [6, 6.07) is 7.18. The van der Waals surface area contributed by atoms with Crippen molar-refractivity contribution in [2.45, 2.75) is 77.0 Å². The molecule has 1 aromatic carbocycles. The molecule has 0 amide bonds. The molecular weight excluding hydrogens is 338 g/mol. The van der Waals surface area contributed by atoms with Crippen LogP contribution in [0.4, 0.5) is 0 Å². The Morgan fingerprint density at radius 2 is 1.96 bits per heavy atom. The van der Waals surface area contributed by atoms with Gasteiger partial charge < -0.3 is 14.6 Å². The molecule has 5 nitrogen and oxygen atoms in total. The van der Waals surface area contributed by atoms with Gasteiger partial charge in [-0.1, -0.05) is 13.0 Å². The lowest BCUT2D eigenvalue weighted by atomic mass is 9.90. The van der Waals surface area contributed by atoms with Gasteiger partial charge in [0.05, 0.1) is 17.1 Å². The van der Waals surface area contributed by atoms with Crippen molar-refractivity contribution in [1.29, 1.82) is 0 Å². The van der Waals surface area contributed by atoms with Crippen molar-refractivity contribution in [3.05, 3.63) is 34.2 Å². The molecule has 0 unspecified atom stereocenters. The van der Waals surface area contributed by atoms with Crippen LogP contribution in [0.25, 0.3) is 11.0 Å². The molecule has 0 radical (unpaired) electrons. The van der Waals surface area contributed by atoms with Gasteiger partial charge in [0, 0.05) is 31.8 Å². The molecule has 1 saturated carbocycles. The topological polar surface area (TPSA) is 50.3 Å². The maximum absolute atomic E-state index is 12.6. The maximum atomic E-state index is 12.6. The van der Waals surface area contributed by atoms with E-state index in [-0.39, 0.29) is 5.69 Å². The van der Waals surface area contributed by atoms with E-state index in [2.05, 4.69) is 35.9 Å². The SMILES string of the molecule is CCCO[C@H]1CCC[C@@H](N2CCC(n3c(=O)[nH]c4ccc(C)cc43)CC2)C1. The van der Waals surface area contributed by atoms with Crippen molar-refractivity contribution in [2.24, 2.45) is 0 Å². The van der Waals surface area contributed by atoms with E-state index in [0.717, 1.165) is 50.0 Å². The number of aromatic amines is 1. The minimum absolute atomic E-state index is 0.0414. The summed E-state index contributed by atoms with van der Waals surface area (Å²) in [6.45, 7) is 7.33. The number of nitrogens with zero attached hydrogens (tertiary/aromatic N) is 2. The Balaban J connectivity index is 1.41. The van der Waals surface area contributed by atoms with Crippen LogP contribution < -0.4 is 5.69 Å². The van der Waals surface area contributed by atoms with Crippen LogP contribution in [0.15, 0.2) is 23.0 Å². The first-order chi connectivity index (χ1) is 13.2. The van der Waals surface area contributed by atoms with Crippen LogP contribution in [0.3, 0.4) is 0 Å². The van der Waals surface area contributed by atoms with Crippen molar-refractivity contribution in [3.8, 4) is 0 Å². The van der Waals surface area contributed by atoms with E-state index >= 15 is 0 Å². The molecule has 2 atom stereocenters. The van der Waals surface area contributed by atoms with Crippen LogP contribution in [0.2, 0.25) is 0 Å². The molecule has 0 bridgehead atoms. The standard InChI is InChI=1S/C22H33N3O2/c1-3-13-27-19-6-4-5-18(15-19)24-11-9-17(10-12-24)25-21-14-16(2)7-8-20(21)23-22(25)26/h7-8,14,17-19H,3-6,9-13,15H2,1-2H3,(H,23,26)/t18-,19+/m1/s1. The van der Waals surface area contributed by atoms with Gasteiger partial charge in [-0.15, -0.1) is 0 Å². The molecule has 148 valence electrons. The van der Waals surface area contributed by atoms with Crippen LogP contribution in [0.1, 0.15) is 63.5 Å². The first-order valence-corrected chi connectivity index (χ1v) is 10.7. The number of aryl methyl sites for hydroxylation is 1. The number of imidazole rings is 1. The molecule has 4 rings (SSSR count). The van der Waals surface area contributed by atoms with Crippen LogP contribution in [0, 0.1) is 6.92 Å². The van der Waals surface area contributed by atoms with Crippen molar-refractivity contribution >= 4 is 11.0 Å². The molecule has 2 heterocycles. The highest BCUT2D eigenvalue weighted by Crippen LogP contribution is 2.31. The van der Waals surface area contributed by atoms with E-state index in [9.17, 15) is 4.79 Å². The van der Waals surface area contributed by atoms with Gasteiger partial charge in [0.2, 0.25) is 0 Å². The number of H-pyrrole nitrogens is 1. The molecule has 2 fully saturated rings. The summed E-state index contributed by atoms with van der Waals surface area (Å²) in [5.74, 6) is 0. The fraction of sp³-hybridized carbons (Fsp3) is 0.682. The fourth-order valence-electron chi connectivity index (χ4n) is 4.99. The Morgan fingerprint density at radius 1 is 1.15 bits per heavy atom. The Labute approximate surface area is 161 Å². The Hall–Kier alpha value is -1.59. The second kappa shape index (κ2) is 8.19. The Bertz CT molecular complexity index is 817. The average Bonchev–Trinajstić information content (AvgIpc) is 3.01. The largest absolute Gasteiger partial charge is 0.378 e. The van der Waals surface area contributed by atoms with Crippen molar-refractivity contribution in [2.75, 3.05) is 19.7 Å². The van der Waals surface area contributed by atoms with Crippen LogP contribution in [-0.2, 0) is 4.74 Å². The van der Waals surface area contributed by atoms with E-state index in [1.165, 1.54) is 31.2 Å². The lowest BCUT2D eigenvalue weighted by Crippen LogP contribution is -2.46. The van der Waals surface area contributed by atoms with E-state index in [4.69, 9.17) is 4.74 Å². The highest BCUT2D eigenvalue weighted by molar-refractivity contribution is 5.76. The molecule has 1 aliphatic heterocycles. The number of benzene rings is 1. The highest BCUT2D eigenvalue weighted by atomic mass is 16.5. The predicted molar refractivity (Wildman–Crippen MR) is 109 cm³/mol. The van der Waals surface area contributed by atoms with E-state index in [0.29, 0.717) is 18.2 Å². The van der Waals surface area contributed by atoms with Crippen LogP contribution in [0.5, 0.6) is 0 Å². The molecule has 1 aromatic heterocycles. The number of hydrogen-bond acceptors (Lipinski definition) is 3. The van der Waals surface area contributed by atoms with Crippen molar-refractivity contribution in [1.82, 2.24) is 14.5 Å². The number of aromatic nitrogens is 2. The van der Waals surface area contributed by atoms with Gasteiger partial charge >= 0.3 is 5.69 Å². The molecule has 1 saturated heterocycles. The maximum Gasteiger partial charge on any atom is 0.326 e. The van der Waals surface area contributed by atoms with Gasteiger partial charge in [-0.25, -0.2) is 4.79 Å². The fourth-order valence-corrected chi connectivity index (χ4v) is 4.99. The number of hydrogen-bond donors (Lipinski definition) is 1. The molecule has 2 aliphatic rings. The lowest BCUT2D eigenvalue weighted by Gasteiger charge is -2.41. The lowest BCUT2D eigenvalue weighted by molar-refractivity contribution is -0.00714. The molecule has 1 aliphatic carbocycles. The van der Waals surface area contributed by atoms with Crippen LogP contribution >= 0.6 is 0 Å². The molecule has 27 heavy (non-hydrogen) atoms. The van der Waals surface area contributed by atoms with Crippen LogP contribution in [-0.4, -0.2) is 46.3 Å². The monoisotopic (exact) mass is 371 g/mol. The second-order valence-electron chi connectivity index (χ2n) is 8.40. The van der Waals surface area contributed by atoms with Crippen molar-refractivity contribution in [3.63, 3.8) is 0 Å². The molecule has 5 heteroatoms. The molecule has 2 aromatic rings. The normalized spacial score (nSPS) is 25.3. The minimum Gasteiger partial charge on any atom is -0.378 e. The molecule has 1 N–H and O–H groups in total. The number of rotatable bonds is 5. The van der Waals surface area contributed by atoms with Gasteiger partial charge in [0.25, 0.3) is 0 Å². The van der Waals surface area contributed by atoms with E-state index in [1.807, 2.05) is 10.6 Å². The average molecular weight is 372 g/mol. The Kier molecular flexibility index (Phi) is 5.69. The second-order valence-corrected chi connectivity index (χ2v) is 8.40. The van der Waals surface area contributed by atoms with E-state index < -0.39 is 0 Å². The number of nitrogens with one attached hydrogen (secondary N) is 1. The quantitative estimate of drug-likeness (QED) is 0.864. The van der Waals surface area contributed by atoms with Gasteiger partial charge in [-0.3, -0.25) is 4.57 Å². The summed E-state index contributed by atoms with van der Waals surface area (Å²) in [5, 5.41) is 0. The third-order valence-electron chi connectivity index (χ3n) is 6.41. The smallest absolute Gasteiger partial charge is 0.326 e. The minimum atomic E-state index is 0.0414. The summed E-state index contributed by atoms with van der Waals surface area (Å²) in [5.41, 5.74) is 3.26. The molecular formula is C22H33N3O2. The third-order valence-corrected chi connectivity index (χ3v) is 6.41. The summed E-state index contributed by atoms with van der Waals surface area (Å²) < 4.78 is 8.04. The number of fused-ring (bicyclic) bond motifs is 1. The van der Waals surface area contributed by atoms with Gasteiger partial charge in [0.1, 0.15) is 0 Å². The zero-order valence-corrected chi connectivity index (χ0v) is 16.7. The van der Waals surface area contributed by atoms with Gasteiger partial charge in [-0.2, -0.15) is 0 Å². The number of likely N-dealkylation sites (tertiary alicyclic amines) is 1. The zero-order chi connectivity index (χ0) is 18.8. The van der Waals surface area contributed by atoms with Gasteiger partial charge in [0.15, 0.2) is 0 Å². The zero-order valence-electron chi connectivity index (χ0n) is 16.7. The summed E-state index contributed by atoms with van der Waals surface area (Å²) >= 11 is 0. The third kappa shape index (κ3) is 3.99. The highest BCUT2D eigenvalue weighted by Gasteiger charge is 2.31. The Morgan fingerprint density at radius 3 is 2.74 bits per heavy atom. The summed E-state index contributed by atoms with van der Waals surface area (Å²) in [7, 11) is 0. The predicted octanol–water partition coefficient (Wildman–Crippen LogP) is 4.01. The summed E-state index contributed by atoms with van der Waals surface area (Å²) in [4.78, 5) is 18.2. The first-order valence-electron chi connectivity index (χ1n) is 10.7. The van der Waals surface area contributed by atoms with E-state index in [1.54, 1.807) is 0 Å².